The minimum Gasteiger partial charge on any atom is -0.107 e. The average molecular weight is 741 g/mol. The lowest BCUT2D eigenvalue weighted by Crippen LogP contribution is -1.97. The molecule has 0 unspecified atom stereocenters. The number of unbranched alkanes of at least 4 members (excludes halogenated alkanes) is 30. The van der Waals surface area contributed by atoms with Crippen LogP contribution in [0.5, 0.6) is 0 Å². The second kappa shape index (κ2) is 49.9. The molecule has 304 valence electrons. The van der Waals surface area contributed by atoms with E-state index < -0.39 is 0 Å². The van der Waals surface area contributed by atoms with Crippen molar-refractivity contribution in [3.63, 3.8) is 0 Å². The molecule has 0 saturated carbocycles. The summed E-state index contributed by atoms with van der Waals surface area (Å²) in [5, 5.41) is 0. The van der Waals surface area contributed by atoms with Crippen molar-refractivity contribution in [3.8, 4) is 0 Å². The Morgan fingerprint density at radius 1 is 0.160 bits per heavy atom. The highest BCUT2D eigenvalue weighted by Crippen LogP contribution is 2.40. The number of hydrogen-bond acceptors (Lipinski definition) is 0. The van der Waals surface area contributed by atoms with Gasteiger partial charge in [0.25, 0.3) is 0 Å². The van der Waals surface area contributed by atoms with Gasteiger partial charge in [0.05, 0.1) is 0 Å². The number of rotatable bonds is 42. The van der Waals surface area contributed by atoms with Gasteiger partial charge in [-0.2, -0.15) is 0 Å². The highest BCUT2D eigenvalue weighted by molar-refractivity contribution is 7.57. The van der Waals surface area contributed by atoms with E-state index in [9.17, 15) is 0 Å². The van der Waals surface area contributed by atoms with Crippen molar-refractivity contribution in [2.75, 3.05) is 37.0 Å². The van der Waals surface area contributed by atoms with Crippen molar-refractivity contribution in [3.05, 3.63) is 0 Å². The van der Waals surface area contributed by atoms with E-state index in [-0.39, 0.29) is 0 Å². The molecule has 0 aromatic carbocycles. The van der Waals surface area contributed by atoms with Crippen LogP contribution in [-0.2, 0) is 0 Å². The maximum atomic E-state index is 2.32. The molecule has 0 fully saturated rings. The quantitative estimate of drug-likeness (QED) is 0.0432. The summed E-state index contributed by atoms with van der Waals surface area (Å²) in [5.41, 5.74) is 0. The fraction of sp³-hybridized carbons (Fsp3) is 1.00. The summed E-state index contributed by atoms with van der Waals surface area (Å²) in [6.07, 6.45) is 62.5. The fourth-order valence-corrected chi connectivity index (χ4v) is 12.7. The van der Waals surface area contributed by atoms with Gasteiger partial charge < -0.3 is 0 Å². The highest BCUT2D eigenvalue weighted by Gasteiger charge is 2.09. The number of hydrogen-bond donors (Lipinski definition) is 0. The van der Waals surface area contributed by atoms with E-state index in [2.05, 4.69) is 41.5 Å². The molecule has 0 aromatic rings. The summed E-state index contributed by atoms with van der Waals surface area (Å²) in [5.74, 6) is 0. The van der Waals surface area contributed by atoms with E-state index in [1.54, 1.807) is 37.0 Å². The minimum atomic E-state index is 0.366. The Kier molecular flexibility index (Phi) is 52.8. The Hall–Kier alpha value is 0.860. The Morgan fingerprint density at radius 2 is 0.280 bits per heavy atom. The molecule has 0 rings (SSSR count). The van der Waals surface area contributed by atoms with E-state index in [4.69, 9.17) is 0 Å². The molecule has 0 aromatic heterocycles. The summed E-state index contributed by atoms with van der Waals surface area (Å²) in [7, 11) is 0.732. The van der Waals surface area contributed by atoms with Gasteiger partial charge in [0.1, 0.15) is 0 Å². The van der Waals surface area contributed by atoms with Crippen molar-refractivity contribution in [2.45, 2.75) is 273 Å². The Morgan fingerprint density at radius 3 is 0.420 bits per heavy atom. The standard InChI is InChI=1S/2C24H51P/c2*1-4-7-10-13-16-19-22-25(23-20-17-14-11-8-5-2)24-21-18-15-12-9-6-3/h2*4-24H2,1-3H3. The molecule has 0 atom stereocenters. The lowest BCUT2D eigenvalue weighted by molar-refractivity contribution is 0.617. The summed E-state index contributed by atoms with van der Waals surface area (Å²) in [6.45, 7) is 13.9. The SMILES string of the molecule is CCCCCCCCP(CCCCCCCC)CCCCCCCC.CCCCCCCCP(CCCCCCCC)CCCCCCCC. The molecule has 0 spiro atoms. The monoisotopic (exact) mass is 741 g/mol. The van der Waals surface area contributed by atoms with Gasteiger partial charge in [0.2, 0.25) is 0 Å². The van der Waals surface area contributed by atoms with Crippen LogP contribution in [0.3, 0.4) is 0 Å². The third kappa shape index (κ3) is 46.9. The van der Waals surface area contributed by atoms with Gasteiger partial charge in [-0.05, 0) is 75.5 Å². The zero-order valence-electron chi connectivity index (χ0n) is 36.6. The summed E-state index contributed by atoms with van der Waals surface area (Å²) in [4.78, 5) is 0. The molecule has 50 heavy (non-hydrogen) atoms. The first-order chi connectivity index (χ1) is 24.7. The van der Waals surface area contributed by atoms with Crippen LogP contribution in [0.15, 0.2) is 0 Å². The lowest BCUT2D eigenvalue weighted by atomic mass is 10.1. The smallest absolute Gasteiger partial charge is 0.0326 e. The fourth-order valence-electron chi connectivity index (χ4n) is 7.37. The van der Waals surface area contributed by atoms with Crippen molar-refractivity contribution >= 4 is 15.8 Å². The predicted molar refractivity (Wildman–Crippen MR) is 243 cm³/mol. The van der Waals surface area contributed by atoms with Gasteiger partial charge in [-0.1, -0.05) is 234 Å². The molecule has 0 saturated heterocycles. The van der Waals surface area contributed by atoms with Crippen molar-refractivity contribution in [2.24, 2.45) is 0 Å². The van der Waals surface area contributed by atoms with Crippen LogP contribution in [0, 0.1) is 0 Å². The average Bonchev–Trinajstić information content (AvgIpc) is 3.13. The molecule has 2 heteroatoms. The van der Waals surface area contributed by atoms with Crippen molar-refractivity contribution in [1.82, 2.24) is 0 Å². The predicted octanol–water partition coefficient (Wildman–Crippen LogP) is 19.1. The maximum absolute atomic E-state index is 2.32. The normalized spacial score (nSPS) is 11.5. The summed E-state index contributed by atoms with van der Waals surface area (Å²) in [6, 6.07) is 0. The molecule has 0 aliphatic rings. The van der Waals surface area contributed by atoms with Gasteiger partial charge in [0.15, 0.2) is 0 Å². The zero-order chi connectivity index (χ0) is 36.9. The Labute approximate surface area is 324 Å². The second-order valence-electron chi connectivity index (χ2n) is 16.3. The third-order valence-electron chi connectivity index (χ3n) is 11.0. The van der Waals surface area contributed by atoms with Gasteiger partial charge in [-0.25, -0.2) is 0 Å². The van der Waals surface area contributed by atoms with Crippen LogP contribution >= 0.6 is 15.8 Å². The van der Waals surface area contributed by atoms with Gasteiger partial charge in [-0.15, -0.1) is 15.8 Å². The van der Waals surface area contributed by atoms with E-state index in [0.29, 0.717) is 15.8 Å². The lowest BCUT2D eigenvalue weighted by Gasteiger charge is -2.18. The van der Waals surface area contributed by atoms with Crippen LogP contribution in [0.2, 0.25) is 0 Å². The molecule has 0 bridgehead atoms. The molecule has 0 aliphatic carbocycles. The van der Waals surface area contributed by atoms with E-state index in [1.807, 2.05) is 0 Å². The molecule has 0 heterocycles. The largest absolute Gasteiger partial charge is 0.107 e. The Bertz CT molecular complexity index is 424. The van der Waals surface area contributed by atoms with E-state index in [0.717, 1.165) is 0 Å². The second-order valence-corrected chi connectivity index (χ2v) is 21.7. The molecule has 0 N–H and O–H groups in total. The molecule has 0 radical (unpaired) electrons. The summed E-state index contributed by atoms with van der Waals surface area (Å²) >= 11 is 0. The first-order valence-electron chi connectivity index (χ1n) is 24.1. The molecular weight excluding hydrogens is 638 g/mol. The van der Waals surface area contributed by atoms with E-state index in [1.165, 1.54) is 231 Å². The van der Waals surface area contributed by atoms with Crippen molar-refractivity contribution in [1.29, 1.82) is 0 Å². The van der Waals surface area contributed by atoms with Gasteiger partial charge in [-0.3, -0.25) is 0 Å². The van der Waals surface area contributed by atoms with Crippen molar-refractivity contribution < 1.29 is 0 Å². The van der Waals surface area contributed by atoms with Crippen LogP contribution < -0.4 is 0 Å². The van der Waals surface area contributed by atoms with Crippen LogP contribution in [-0.4, -0.2) is 37.0 Å². The third-order valence-corrected chi connectivity index (χ3v) is 16.7. The topological polar surface area (TPSA) is 0 Å². The Balaban J connectivity index is 0. The van der Waals surface area contributed by atoms with Gasteiger partial charge >= 0.3 is 0 Å². The first kappa shape index (κ1) is 53.0. The van der Waals surface area contributed by atoms with Crippen LogP contribution in [0.25, 0.3) is 0 Å². The summed E-state index contributed by atoms with van der Waals surface area (Å²) < 4.78 is 0. The van der Waals surface area contributed by atoms with Crippen LogP contribution in [0.4, 0.5) is 0 Å². The molecular formula is C48H102P2. The maximum Gasteiger partial charge on any atom is -0.0326 e. The first-order valence-corrected chi connectivity index (χ1v) is 27.9. The molecule has 0 amide bonds. The molecule has 0 nitrogen and oxygen atoms in total. The zero-order valence-corrected chi connectivity index (χ0v) is 38.4. The molecule has 0 aliphatic heterocycles. The minimum absolute atomic E-state index is 0.366. The highest BCUT2D eigenvalue weighted by atomic mass is 31.1. The van der Waals surface area contributed by atoms with Crippen LogP contribution in [0.1, 0.15) is 273 Å². The van der Waals surface area contributed by atoms with E-state index >= 15 is 0 Å². The van der Waals surface area contributed by atoms with Gasteiger partial charge in [0, 0.05) is 0 Å².